The third kappa shape index (κ3) is 2.55. The molecule has 27 heavy (non-hydrogen) atoms. The predicted molar refractivity (Wildman–Crippen MR) is 106 cm³/mol. The SMILES string of the molecule is CC12CC(NC(=O)N1Cc1ccccc1Cl)c1ccc3ccccc3c1O2. The lowest BCUT2D eigenvalue weighted by molar-refractivity contribution is -0.0868. The maximum absolute atomic E-state index is 12.9. The van der Waals surface area contributed by atoms with Crippen LogP contribution in [-0.2, 0) is 6.54 Å². The van der Waals surface area contributed by atoms with Gasteiger partial charge in [0.1, 0.15) is 5.75 Å². The van der Waals surface area contributed by atoms with Crippen LogP contribution < -0.4 is 10.1 Å². The number of urea groups is 1. The minimum absolute atomic E-state index is 0.0571. The summed E-state index contributed by atoms with van der Waals surface area (Å²) in [6.45, 7) is 2.38. The second kappa shape index (κ2) is 5.89. The first-order valence-electron chi connectivity index (χ1n) is 9.07. The number of nitrogens with one attached hydrogen (secondary N) is 1. The van der Waals surface area contributed by atoms with Gasteiger partial charge in [0.15, 0.2) is 5.72 Å². The van der Waals surface area contributed by atoms with Crippen LogP contribution in [0.3, 0.4) is 0 Å². The number of hydrogen-bond acceptors (Lipinski definition) is 2. The number of ether oxygens (including phenoxy) is 1. The molecule has 5 heteroatoms. The average Bonchev–Trinajstić information content (AvgIpc) is 2.66. The molecule has 2 heterocycles. The van der Waals surface area contributed by atoms with Gasteiger partial charge in [0.25, 0.3) is 0 Å². The molecule has 0 radical (unpaired) electrons. The van der Waals surface area contributed by atoms with Gasteiger partial charge in [0, 0.05) is 22.4 Å². The molecule has 4 nitrogen and oxygen atoms in total. The highest BCUT2D eigenvalue weighted by Crippen LogP contribution is 2.47. The third-order valence-corrected chi connectivity index (χ3v) is 5.96. The summed E-state index contributed by atoms with van der Waals surface area (Å²) in [5.74, 6) is 0.857. The lowest BCUT2D eigenvalue weighted by Gasteiger charge is -2.51. The second-order valence-corrected chi connectivity index (χ2v) is 7.77. The number of carbonyl (C=O) groups is 1. The molecule has 0 aromatic heterocycles. The van der Waals surface area contributed by atoms with Gasteiger partial charge in [0.05, 0.1) is 12.6 Å². The fourth-order valence-electron chi connectivity index (χ4n) is 4.17. The van der Waals surface area contributed by atoms with Crippen molar-refractivity contribution in [1.82, 2.24) is 10.2 Å². The smallest absolute Gasteiger partial charge is 0.321 e. The van der Waals surface area contributed by atoms with Gasteiger partial charge in [-0.2, -0.15) is 0 Å². The largest absolute Gasteiger partial charge is 0.467 e. The highest BCUT2D eigenvalue weighted by atomic mass is 35.5. The molecule has 1 fully saturated rings. The van der Waals surface area contributed by atoms with Gasteiger partial charge in [-0.25, -0.2) is 4.79 Å². The summed E-state index contributed by atoms with van der Waals surface area (Å²) >= 11 is 6.33. The van der Waals surface area contributed by atoms with E-state index in [1.807, 2.05) is 43.3 Å². The van der Waals surface area contributed by atoms with E-state index in [1.54, 1.807) is 4.90 Å². The van der Waals surface area contributed by atoms with Gasteiger partial charge in [0.2, 0.25) is 0 Å². The van der Waals surface area contributed by atoms with Crippen LogP contribution in [0.2, 0.25) is 5.02 Å². The van der Waals surface area contributed by atoms with Gasteiger partial charge >= 0.3 is 6.03 Å². The summed E-state index contributed by atoms with van der Waals surface area (Å²) in [5, 5.41) is 6.00. The summed E-state index contributed by atoms with van der Waals surface area (Å²) in [7, 11) is 0. The Balaban J connectivity index is 1.59. The Bertz CT molecular complexity index is 1070. The maximum Gasteiger partial charge on any atom is 0.321 e. The van der Waals surface area contributed by atoms with Gasteiger partial charge < -0.3 is 10.1 Å². The molecule has 2 aliphatic rings. The number of nitrogens with zero attached hydrogens (tertiary/aromatic N) is 1. The number of fused-ring (bicyclic) bond motifs is 6. The van der Waals surface area contributed by atoms with Crippen molar-refractivity contribution in [2.45, 2.75) is 31.7 Å². The van der Waals surface area contributed by atoms with E-state index in [4.69, 9.17) is 16.3 Å². The molecule has 136 valence electrons. The normalized spacial score (nSPS) is 23.6. The van der Waals surface area contributed by atoms with Crippen LogP contribution in [-0.4, -0.2) is 16.7 Å². The summed E-state index contributed by atoms with van der Waals surface area (Å²) in [6, 6.07) is 19.7. The Morgan fingerprint density at radius 3 is 2.78 bits per heavy atom. The number of halogens is 1. The van der Waals surface area contributed by atoms with Gasteiger partial charge in [-0.1, -0.05) is 66.2 Å². The van der Waals surface area contributed by atoms with E-state index < -0.39 is 5.72 Å². The zero-order chi connectivity index (χ0) is 18.6. The predicted octanol–water partition coefficient (Wildman–Crippen LogP) is 5.26. The summed E-state index contributed by atoms with van der Waals surface area (Å²) in [5.41, 5.74) is 1.21. The highest BCUT2D eigenvalue weighted by Gasteiger charge is 2.49. The topological polar surface area (TPSA) is 41.6 Å². The molecule has 2 atom stereocenters. The third-order valence-electron chi connectivity index (χ3n) is 5.59. The highest BCUT2D eigenvalue weighted by molar-refractivity contribution is 6.31. The molecular weight excluding hydrogens is 360 g/mol. The lowest BCUT2D eigenvalue weighted by Crippen LogP contribution is -2.64. The Hall–Kier alpha value is -2.72. The van der Waals surface area contributed by atoms with Crippen molar-refractivity contribution in [2.24, 2.45) is 0 Å². The van der Waals surface area contributed by atoms with E-state index in [2.05, 4.69) is 29.6 Å². The van der Waals surface area contributed by atoms with E-state index in [-0.39, 0.29) is 12.1 Å². The molecule has 2 amide bonds. The molecule has 5 rings (SSSR count). The molecule has 2 bridgehead atoms. The standard InChI is InChI=1S/C22H19ClN2O2/c1-22-12-19(17-11-10-14-6-2-4-8-16(14)20(17)27-22)24-21(26)25(22)13-15-7-3-5-9-18(15)23/h2-11,19H,12-13H2,1H3,(H,24,26). The number of carbonyl (C=O) groups excluding carboxylic acids is 1. The molecule has 2 aliphatic heterocycles. The average molecular weight is 379 g/mol. The molecule has 2 unspecified atom stereocenters. The fraction of sp³-hybridized carbons (Fsp3) is 0.227. The van der Waals surface area contributed by atoms with E-state index in [0.29, 0.717) is 18.0 Å². The first kappa shape index (κ1) is 16.5. The van der Waals surface area contributed by atoms with Gasteiger partial charge in [-0.05, 0) is 23.9 Å². The Morgan fingerprint density at radius 1 is 1.15 bits per heavy atom. The summed E-state index contributed by atoms with van der Waals surface area (Å²) < 4.78 is 6.52. The maximum atomic E-state index is 12.9. The van der Waals surface area contributed by atoms with Crippen LogP contribution in [0.5, 0.6) is 5.75 Å². The van der Waals surface area contributed by atoms with Crippen LogP contribution in [0.1, 0.15) is 30.5 Å². The molecule has 1 saturated heterocycles. The molecular formula is C22H19ClN2O2. The van der Waals surface area contributed by atoms with Crippen LogP contribution in [0.15, 0.2) is 60.7 Å². The Morgan fingerprint density at radius 2 is 1.93 bits per heavy atom. The Kier molecular flexibility index (Phi) is 3.59. The first-order chi connectivity index (χ1) is 13.0. The van der Waals surface area contributed by atoms with Crippen molar-refractivity contribution in [1.29, 1.82) is 0 Å². The molecule has 3 aromatic carbocycles. The van der Waals surface area contributed by atoms with Crippen LogP contribution in [0, 0.1) is 0 Å². The van der Waals surface area contributed by atoms with E-state index in [9.17, 15) is 4.79 Å². The molecule has 3 aromatic rings. The number of rotatable bonds is 2. The van der Waals surface area contributed by atoms with Gasteiger partial charge in [-0.3, -0.25) is 4.90 Å². The van der Waals surface area contributed by atoms with Crippen LogP contribution >= 0.6 is 11.6 Å². The van der Waals surface area contributed by atoms with Crippen molar-refractivity contribution in [3.05, 3.63) is 76.8 Å². The zero-order valence-electron chi connectivity index (χ0n) is 14.9. The van der Waals surface area contributed by atoms with E-state index >= 15 is 0 Å². The molecule has 0 spiro atoms. The minimum atomic E-state index is -0.733. The van der Waals surface area contributed by atoms with Crippen molar-refractivity contribution < 1.29 is 9.53 Å². The quantitative estimate of drug-likeness (QED) is 0.661. The van der Waals surface area contributed by atoms with Crippen molar-refractivity contribution in [3.63, 3.8) is 0 Å². The van der Waals surface area contributed by atoms with Crippen molar-refractivity contribution >= 4 is 28.4 Å². The number of hydrogen-bond donors (Lipinski definition) is 1. The number of benzene rings is 3. The van der Waals surface area contributed by atoms with Gasteiger partial charge in [-0.15, -0.1) is 0 Å². The number of amides is 2. The summed E-state index contributed by atoms with van der Waals surface area (Å²) in [6.07, 6.45) is 0.689. The van der Waals surface area contributed by atoms with E-state index in [1.165, 1.54) is 0 Å². The van der Waals surface area contributed by atoms with Crippen LogP contribution in [0.25, 0.3) is 10.8 Å². The van der Waals surface area contributed by atoms with E-state index in [0.717, 1.165) is 27.6 Å². The Labute approximate surface area is 162 Å². The fourth-order valence-corrected chi connectivity index (χ4v) is 4.37. The van der Waals surface area contributed by atoms with Crippen molar-refractivity contribution in [3.8, 4) is 5.75 Å². The lowest BCUT2D eigenvalue weighted by atomic mass is 9.88. The zero-order valence-corrected chi connectivity index (χ0v) is 15.7. The molecule has 0 saturated carbocycles. The monoisotopic (exact) mass is 378 g/mol. The van der Waals surface area contributed by atoms with Crippen molar-refractivity contribution in [2.75, 3.05) is 0 Å². The van der Waals surface area contributed by atoms with Crippen LogP contribution in [0.4, 0.5) is 4.79 Å². The molecule has 1 N–H and O–H groups in total. The minimum Gasteiger partial charge on any atom is -0.467 e. The summed E-state index contributed by atoms with van der Waals surface area (Å²) in [4.78, 5) is 14.6. The molecule has 0 aliphatic carbocycles. The second-order valence-electron chi connectivity index (χ2n) is 7.37. The first-order valence-corrected chi connectivity index (χ1v) is 9.45.